The number of ether oxygens (including phenoxy) is 2. The topological polar surface area (TPSA) is 107 Å². The Bertz CT molecular complexity index is 1440. The summed E-state index contributed by atoms with van der Waals surface area (Å²) in [6, 6.07) is 21.8. The van der Waals surface area contributed by atoms with Crippen molar-refractivity contribution in [2.24, 2.45) is 0 Å². The number of aromatic nitrogens is 1. The summed E-state index contributed by atoms with van der Waals surface area (Å²) in [6.07, 6.45) is 0. The van der Waals surface area contributed by atoms with Crippen molar-refractivity contribution in [2.75, 3.05) is 23.8 Å². The zero-order valence-corrected chi connectivity index (χ0v) is 19.4. The Morgan fingerprint density at radius 2 is 1.68 bits per heavy atom. The van der Waals surface area contributed by atoms with Crippen LogP contribution < -0.4 is 19.5 Å². The highest BCUT2D eigenvalue weighted by molar-refractivity contribution is 7.92. The van der Waals surface area contributed by atoms with Gasteiger partial charge in [0.2, 0.25) is 0 Å². The second-order valence-electron chi connectivity index (χ2n) is 7.27. The van der Waals surface area contributed by atoms with Crippen LogP contribution >= 0.6 is 0 Å². The van der Waals surface area contributed by atoms with Crippen molar-refractivity contribution in [1.82, 2.24) is 4.98 Å². The van der Waals surface area contributed by atoms with Crippen molar-refractivity contribution >= 4 is 38.2 Å². The van der Waals surface area contributed by atoms with E-state index in [-0.39, 0.29) is 22.0 Å². The Kier molecular flexibility index (Phi) is 6.65. The maximum atomic E-state index is 13.1. The predicted molar refractivity (Wildman–Crippen MR) is 131 cm³/mol. The number of hydrogen-bond donors (Lipinski definition) is 2. The van der Waals surface area contributed by atoms with Gasteiger partial charge < -0.3 is 14.8 Å². The first-order valence-electron chi connectivity index (χ1n) is 10.5. The lowest BCUT2D eigenvalue weighted by molar-refractivity contribution is 0.102. The van der Waals surface area contributed by atoms with Crippen molar-refractivity contribution in [3.8, 4) is 11.5 Å². The predicted octanol–water partition coefficient (Wildman–Crippen LogP) is 4.70. The minimum atomic E-state index is -4.02. The zero-order valence-electron chi connectivity index (χ0n) is 18.6. The molecule has 4 rings (SSSR count). The van der Waals surface area contributed by atoms with Crippen LogP contribution in [0.2, 0.25) is 0 Å². The summed E-state index contributed by atoms with van der Waals surface area (Å²) in [5.41, 5.74) is 1.55. The first-order chi connectivity index (χ1) is 16.4. The molecule has 0 spiro atoms. The average molecular weight is 478 g/mol. The summed E-state index contributed by atoms with van der Waals surface area (Å²) in [5, 5.41) is 3.62. The molecule has 3 aromatic carbocycles. The van der Waals surface area contributed by atoms with Crippen LogP contribution in [-0.4, -0.2) is 33.0 Å². The van der Waals surface area contributed by atoms with E-state index in [2.05, 4.69) is 15.0 Å². The first-order valence-corrected chi connectivity index (χ1v) is 12.0. The van der Waals surface area contributed by atoms with Crippen LogP contribution in [0.3, 0.4) is 0 Å². The molecule has 0 aliphatic heterocycles. The highest BCUT2D eigenvalue weighted by atomic mass is 32.2. The van der Waals surface area contributed by atoms with Gasteiger partial charge in [0.1, 0.15) is 22.1 Å². The highest BCUT2D eigenvalue weighted by Crippen LogP contribution is 2.29. The number of pyridine rings is 1. The van der Waals surface area contributed by atoms with E-state index < -0.39 is 15.9 Å². The Morgan fingerprint density at radius 3 is 2.41 bits per heavy atom. The van der Waals surface area contributed by atoms with E-state index in [0.717, 1.165) is 5.39 Å². The lowest BCUT2D eigenvalue weighted by Crippen LogP contribution is -2.16. The standard InChI is InChI=1S/C25H23N3O5S/c1-3-33-20-12-9-18(10-13-20)28-34(30,31)24-16-19(11-15-23(24)32-2)26-25(29)22-14-8-17-6-4-5-7-21(17)27-22/h4-16,28H,3H2,1-2H3,(H,26,29). The summed E-state index contributed by atoms with van der Waals surface area (Å²) in [7, 11) is -2.64. The van der Waals surface area contributed by atoms with Gasteiger partial charge in [0, 0.05) is 16.8 Å². The number of sulfonamides is 1. The zero-order chi connectivity index (χ0) is 24.1. The fourth-order valence-corrected chi connectivity index (χ4v) is 4.60. The van der Waals surface area contributed by atoms with E-state index in [9.17, 15) is 13.2 Å². The number of amides is 1. The number of carbonyl (C=O) groups is 1. The molecule has 0 saturated heterocycles. The molecule has 0 unspecified atom stereocenters. The third-order valence-corrected chi connectivity index (χ3v) is 6.36. The van der Waals surface area contributed by atoms with E-state index in [1.165, 1.54) is 19.2 Å². The third-order valence-electron chi connectivity index (χ3n) is 4.96. The number of hydrogen-bond acceptors (Lipinski definition) is 6. The van der Waals surface area contributed by atoms with Gasteiger partial charge >= 0.3 is 0 Å². The van der Waals surface area contributed by atoms with Crippen molar-refractivity contribution in [3.63, 3.8) is 0 Å². The Hall–Kier alpha value is -4.11. The van der Waals surface area contributed by atoms with Crippen molar-refractivity contribution < 1.29 is 22.7 Å². The molecular formula is C25H23N3O5S. The second-order valence-corrected chi connectivity index (χ2v) is 8.92. The van der Waals surface area contributed by atoms with Crippen molar-refractivity contribution in [1.29, 1.82) is 0 Å². The number of nitrogens with one attached hydrogen (secondary N) is 2. The summed E-state index contributed by atoms with van der Waals surface area (Å²) < 4.78 is 39.4. The minimum Gasteiger partial charge on any atom is -0.495 e. The molecular weight excluding hydrogens is 454 g/mol. The molecule has 0 aliphatic carbocycles. The van der Waals surface area contributed by atoms with Crippen molar-refractivity contribution in [2.45, 2.75) is 11.8 Å². The Labute approximate surface area is 197 Å². The van der Waals surface area contributed by atoms with Gasteiger partial charge in [-0.25, -0.2) is 13.4 Å². The van der Waals surface area contributed by atoms with Gasteiger partial charge in [0.25, 0.3) is 15.9 Å². The SMILES string of the molecule is CCOc1ccc(NS(=O)(=O)c2cc(NC(=O)c3ccc4ccccc4n3)ccc2OC)cc1. The number of para-hydroxylation sites is 1. The Balaban J connectivity index is 1.58. The van der Waals surface area contributed by atoms with E-state index in [1.807, 2.05) is 37.3 Å². The van der Waals surface area contributed by atoms with Crippen LogP contribution in [0.5, 0.6) is 11.5 Å². The van der Waals surface area contributed by atoms with E-state index in [4.69, 9.17) is 9.47 Å². The molecule has 34 heavy (non-hydrogen) atoms. The van der Waals surface area contributed by atoms with E-state index in [0.29, 0.717) is 23.6 Å². The number of methoxy groups -OCH3 is 1. The maximum Gasteiger partial charge on any atom is 0.274 e. The molecule has 174 valence electrons. The van der Waals surface area contributed by atoms with Gasteiger partial charge in [-0.15, -0.1) is 0 Å². The number of rotatable bonds is 8. The molecule has 0 fully saturated rings. The first kappa shape index (κ1) is 23.1. The van der Waals surface area contributed by atoms with Gasteiger partial charge in [0.15, 0.2) is 0 Å². The van der Waals surface area contributed by atoms with Crippen LogP contribution in [0.25, 0.3) is 10.9 Å². The van der Waals surface area contributed by atoms with Gasteiger partial charge in [-0.05, 0) is 61.5 Å². The number of fused-ring (bicyclic) bond motifs is 1. The highest BCUT2D eigenvalue weighted by Gasteiger charge is 2.21. The lowest BCUT2D eigenvalue weighted by Gasteiger charge is -2.14. The van der Waals surface area contributed by atoms with Gasteiger partial charge in [-0.3, -0.25) is 9.52 Å². The van der Waals surface area contributed by atoms with Crippen molar-refractivity contribution in [3.05, 3.63) is 84.6 Å². The van der Waals surface area contributed by atoms with E-state index >= 15 is 0 Å². The molecule has 1 heterocycles. The van der Waals surface area contributed by atoms with Gasteiger partial charge in [-0.1, -0.05) is 24.3 Å². The van der Waals surface area contributed by atoms with Gasteiger partial charge in [0.05, 0.1) is 19.2 Å². The minimum absolute atomic E-state index is 0.117. The quantitative estimate of drug-likeness (QED) is 0.381. The fourth-order valence-electron chi connectivity index (χ4n) is 3.35. The maximum absolute atomic E-state index is 13.1. The number of nitrogens with zero attached hydrogens (tertiary/aromatic N) is 1. The van der Waals surface area contributed by atoms with Gasteiger partial charge in [-0.2, -0.15) is 0 Å². The lowest BCUT2D eigenvalue weighted by atomic mass is 10.2. The summed E-state index contributed by atoms with van der Waals surface area (Å²) in [5.74, 6) is 0.314. The molecule has 4 aromatic rings. The molecule has 0 atom stereocenters. The molecule has 0 saturated carbocycles. The molecule has 0 radical (unpaired) electrons. The molecule has 9 heteroatoms. The third kappa shape index (κ3) is 5.10. The average Bonchev–Trinajstić information content (AvgIpc) is 2.85. The molecule has 1 amide bonds. The largest absolute Gasteiger partial charge is 0.495 e. The molecule has 0 bridgehead atoms. The monoisotopic (exact) mass is 477 g/mol. The fraction of sp³-hybridized carbons (Fsp3) is 0.120. The summed E-state index contributed by atoms with van der Waals surface area (Å²) >= 11 is 0. The summed E-state index contributed by atoms with van der Waals surface area (Å²) in [4.78, 5) is 17.0. The summed E-state index contributed by atoms with van der Waals surface area (Å²) in [6.45, 7) is 2.38. The van der Waals surface area contributed by atoms with Crippen LogP contribution in [0.1, 0.15) is 17.4 Å². The van der Waals surface area contributed by atoms with Crippen LogP contribution in [0.4, 0.5) is 11.4 Å². The Morgan fingerprint density at radius 1 is 0.941 bits per heavy atom. The van der Waals surface area contributed by atoms with Crippen LogP contribution in [-0.2, 0) is 10.0 Å². The number of anilines is 2. The molecule has 1 aromatic heterocycles. The normalized spacial score (nSPS) is 11.1. The molecule has 2 N–H and O–H groups in total. The smallest absolute Gasteiger partial charge is 0.274 e. The molecule has 8 nitrogen and oxygen atoms in total. The second kappa shape index (κ2) is 9.80. The van der Waals surface area contributed by atoms with E-state index in [1.54, 1.807) is 36.4 Å². The van der Waals surface area contributed by atoms with Crippen LogP contribution in [0, 0.1) is 0 Å². The molecule has 0 aliphatic rings. The van der Waals surface area contributed by atoms with Crippen LogP contribution in [0.15, 0.2) is 83.8 Å². The number of carbonyl (C=O) groups excluding carboxylic acids is 1. The number of benzene rings is 3.